The number of imidazole rings is 1. The third-order valence-electron chi connectivity index (χ3n) is 3.50. The molecule has 0 bridgehead atoms. The molecule has 4 nitrogen and oxygen atoms in total. The number of nitriles is 1. The summed E-state index contributed by atoms with van der Waals surface area (Å²) < 4.78 is 7.48. The van der Waals surface area contributed by atoms with Gasteiger partial charge in [-0.1, -0.05) is 24.3 Å². The van der Waals surface area contributed by atoms with E-state index in [2.05, 4.69) is 15.6 Å². The number of benzene rings is 2. The molecule has 108 valence electrons. The monoisotopic (exact) mass is 289 g/mol. The average Bonchev–Trinajstić information content (AvgIpc) is 3.03. The number of aromatic nitrogens is 2. The molecule has 0 aliphatic rings. The van der Waals surface area contributed by atoms with Gasteiger partial charge in [0, 0.05) is 18.9 Å². The first-order valence-corrected chi connectivity index (χ1v) is 6.95. The Morgan fingerprint density at radius 1 is 1.14 bits per heavy atom. The predicted octanol–water partition coefficient (Wildman–Crippen LogP) is 3.48. The highest BCUT2D eigenvalue weighted by atomic mass is 16.5. The van der Waals surface area contributed by atoms with Gasteiger partial charge in [-0.15, -0.1) is 0 Å². The molecule has 22 heavy (non-hydrogen) atoms. The Balaban J connectivity index is 1.93. The summed E-state index contributed by atoms with van der Waals surface area (Å²) in [6, 6.07) is 17.5. The summed E-state index contributed by atoms with van der Waals surface area (Å²) in [6.45, 7) is 0.694. The maximum absolute atomic E-state index is 8.86. The number of methoxy groups -OCH3 is 1. The van der Waals surface area contributed by atoms with Crippen LogP contribution < -0.4 is 4.74 Å². The van der Waals surface area contributed by atoms with E-state index in [9.17, 15) is 0 Å². The van der Waals surface area contributed by atoms with E-state index < -0.39 is 0 Å². The Kier molecular flexibility index (Phi) is 3.88. The predicted molar refractivity (Wildman–Crippen MR) is 84.5 cm³/mol. The first-order valence-electron chi connectivity index (χ1n) is 6.95. The third-order valence-corrected chi connectivity index (χ3v) is 3.50. The van der Waals surface area contributed by atoms with Crippen LogP contribution in [0.1, 0.15) is 11.1 Å². The Labute approximate surface area is 129 Å². The summed E-state index contributed by atoms with van der Waals surface area (Å²) in [7, 11) is 1.66. The van der Waals surface area contributed by atoms with Crippen molar-refractivity contribution >= 4 is 0 Å². The molecule has 0 radical (unpaired) electrons. The molecule has 3 rings (SSSR count). The van der Waals surface area contributed by atoms with Crippen LogP contribution in [0.5, 0.6) is 5.75 Å². The van der Waals surface area contributed by atoms with E-state index in [1.807, 2.05) is 54.7 Å². The molecule has 4 heteroatoms. The number of para-hydroxylation sites is 1. The quantitative estimate of drug-likeness (QED) is 0.739. The minimum atomic E-state index is 0.666. The molecule has 0 saturated heterocycles. The minimum Gasteiger partial charge on any atom is -0.496 e. The number of rotatable bonds is 4. The van der Waals surface area contributed by atoms with Crippen molar-refractivity contribution in [3.05, 3.63) is 72.1 Å². The molecule has 0 N–H and O–H groups in total. The Hall–Kier alpha value is -3.06. The molecule has 0 fully saturated rings. The van der Waals surface area contributed by atoms with Crippen LogP contribution in [0.2, 0.25) is 0 Å². The largest absolute Gasteiger partial charge is 0.496 e. The summed E-state index contributed by atoms with van der Waals surface area (Å²) in [5, 5.41) is 8.86. The summed E-state index contributed by atoms with van der Waals surface area (Å²) in [4.78, 5) is 4.46. The number of nitrogens with zero attached hydrogens (tertiary/aromatic N) is 3. The van der Waals surface area contributed by atoms with E-state index in [-0.39, 0.29) is 0 Å². The highest BCUT2D eigenvalue weighted by Gasteiger charge is 2.11. The van der Waals surface area contributed by atoms with Gasteiger partial charge < -0.3 is 9.30 Å². The van der Waals surface area contributed by atoms with Crippen LogP contribution in [0.15, 0.2) is 60.9 Å². The van der Waals surface area contributed by atoms with Crippen LogP contribution >= 0.6 is 0 Å². The Morgan fingerprint density at radius 3 is 2.64 bits per heavy atom. The maximum Gasteiger partial charge on any atom is 0.143 e. The van der Waals surface area contributed by atoms with E-state index in [4.69, 9.17) is 10.00 Å². The van der Waals surface area contributed by atoms with E-state index in [0.717, 1.165) is 22.7 Å². The highest BCUT2D eigenvalue weighted by molar-refractivity contribution is 5.64. The van der Waals surface area contributed by atoms with Crippen molar-refractivity contribution < 1.29 is 4.74 Å². The zero-order chi connectivity index (χ0) is 15.4. The zero-order valence-corrected chi connectivity index (χ0v) is 12.2. The number of hydrogen-bond donors (Lipinski definition) is 0. The molecule has 0 atom stereocenters. The van der Waals surface area contributed by atoms with Crippen molar-refractivity contribution in [2.45, 2.75) is 6.54 Å². The Morgan fingerprint density at radius 2 is 1.91 bits per heavy atom. The van der Waals surface area contributed by atoms with Crippen molar-refractivity contribution in [2.75, 3.05) is 7.11 Å². The summed E-state index contributed by atoms with van der Waals surface area (Å²) in [5.41, 5.74) is 2.75. The summed E-state index contributed by atoms with van der Waals surface area (Å²) in [6.07, 6.45) is 3.73. The molecule has 0 aliphatic carbocycles. The van der Waals surface area contributed by atoms with Gasteiger partial charge in [0.25, 0.3) is 0 Å². The lowest BCUT2D eigenvalue weighted by Gasteiger charge is -2.11. The Bertz CT molecular complexity index is 813. The first-order chi connectivity index (χ1) is 10.8. The summed E-state index contributed by atoms with van der Waals surface area (Å²) in [5.74, 6) is 1.66. The molecule has 0 aliphatic heterocycles. The van der Waals surface area contributed by atoms with Crippen LogP contribution in [-0.4, -0.2) is 16.7 Å². The van der Waals surface area contributed by atoms with Gasteiger partial charge in [0.1, 0.15) is 11.6 Å². The molecular weight excluding hydrogens is 274 g/mol. The second-order valence-corrected chi connectivity index (χ2v) is 4.89. The minimum absolute atomic E-state index is 0.666. The van der Waals surface area contributed by atoms with E-state index in [1.165, 1.54) is 0 Å². The van der Waals surface area contributed by atoms with Crippen LogP contribution in [0.3, 0.4) is 0 Å². The zero-order valence-electron chi connectivity index (χ0n) is 12.2. The fraction of sp³-hybridized carbons (Fsp3) is 0.111. The van der Waals surface area contributed by atoms with Gasteiger partial charge in [-0.05, 0) is 29.8 Å². The van der Waals surface area contributed by atoms with Gasteiger partial charge in [0.15, 0.2) is 0 Å². The maximum atomic E-state index is 8.86. The van der Waals surface area contributed by atoms with Crippen molar-refractivity contribution in [3.63, 3.8) is 0 Å². The highest BCUT2D eigenvalue weighted by Crippen LogP contribution is 2.28. The molecule has 1 aromatic heterocycles. The summed E-state index contributed by atoms with van der Waals surface area (Å²) >= 11 is 0. The van der Waals surface area contributed by atoms with Gasteiger partial charge in [-0.3, -0.25) is 0 Å². The molecule has 0 amide bonds. The topological polar surface area (TPSA) is 50.8 Å². The van der Waals surface area contributed by atoms with Crippen LogP contribution in [-0.2, 0) is 6.54 Å². The molecular formula is C18H15N3O. The van der Waals surface area contributed by atoms with Crippen molar-refractivity contribution in [2.24, 2.45) is 0 Å². The van der Waals surface area contributed by atoms with Gasteiger partial charge >= 0.3 is 0 Å². The van der Waals surface area contributed by atoms with Gasteiger partial charge in [-0.25, -0.2) is 4.98 Å². The third kappa shape index (κ3) is 2.70. The lowest BCUT2D eigenvalue weighted by atomic mass is 10.1. The van der Waals surface area contributed by atoms with Crippen LogP contribution in [0.25, 0.3) is 11.4 Å². The average molecular weight is 289 g/mol. The molecule has 0 saturated carbocycles. The lowest BCUT2D eigenvalue weighted by Crippen LogP contribution is -2.02. The number of hydrogen-bond acceptors (Lipinski definition) is 3. The van der Waals surface area contributed by atoms with Crippen molar-refractivity contribution in [1.29, 1.82) is 5.26 Å². The first kappa shape index (κ1) is 13.9. The van der Waals surface area contributed by atoms with Crippen LogP contribution in [0, 0.1) is 11.3 Å². The van der Waals surface area contributed by atoms with Gasteiger partial charge in [0.05, 0.1) is 24.3 Å². The molecule has 2 aromatic carbocycles. The second-order valence-electron chi connectivity index (χ2n) is 4.89. The number of ether oxygens (including phenoxy) is 1. The second kappa shape index (κ2) is 6.15. The van der Waals surface area contributed by atoms with Gasteiger partial charge in [0.2, 0.25) is 0 Å². The molecule has 0 spiro atoms. The van der Waals surface area contributed by atoms with E-state index >= 15 is 0 Å². The lowest BCUT2D eigenvalue weighted by molar-refractivity contribution is 0.416. The SMILES string of the molecule is COc1ccccc1-c1nccn1Cc1ccc(C#N)cc1. The van der Waals surface area contributed by atoms with Crippen molar-refractivity contribution in [3.8, 4) is 23.2 Å². The molecule has 0 unspecified atom stereocenters. The standard InChI is InChI=1S/C18H15N3O/c1-22-17-5-3-2-4-16(17)18-20-10-11-21(18)13-15-8-6-14(12-19)7-9-15/h2-11H,13H2,1H3. The fourth-order valence-corrected chi connectivity index (χ4v) is 2.39. The fourth-order valence-electron chi connectivity index (χ4n) is 2.39. The molecule has 3 aromatic rings. The normalized spacial score (nSPS) is 10.2. The smallest absolute Gasteiger partial charge is 0.143 e. The van der Waals surface area contributed by atoms with E-state index in [1.54, 1.807) is 13.3 Å². The molecule has 1 heterocycles. The van der Waals surface area contributed by atoms with Gasteiger partial charge in [-0.2, -0.15) is 5.26 Å². The van der Waals surface area contributed by atoms with E-state index in [0.29, 0.717) is 12.1 Å². The van der Waals surface area contributed by atoms with Crippen LogP contribution in [0.4, 0.5) is 0 Å². The van der Waals surface area contributed by atoms with Crippen molar-refractivity contribution in [1.82, 2.24) is 9.55 Å².